The minimum absolute atomic E-state index is 0.191. The van der Waals surface area contributed by atoms with Gasteiger partial charge in [-0.05, 0) is 66.9 Å². The first-order chi connectivity index (χ1) is 19.7. The van der Waals surface area contributed by atoms with Crippen molar-refractivity contribution in [2.24, 2.45) is 5.41 Å². The first kappa shape index (κ1) is 27.2. The number of hydrogen-bond donors (Lipinski definition) is 1. The van der Waals surface area contributed by atoms with E-state index in [2.05, 4.69) is 21.8 Å². The fraction of sp³-hybridized carbons (Fsp3) is 0.333. The van der Waals surface area contributed by atoms with Crippen LogP contribution in [0.25, 0.3) is 38.6 Å². The summed E-state index contributed by atoms with van der Waals surface area (Å²) in [7, 11) is 1.37. The maximum absolute atomic E-state index is 14.1. The molecule has 0 spiro atoms. The number of fused-ring (bicyclic) bond motifs is 2. The number of hydrogen-bond acceptors (Lipinski definition) is 5. The van der Waals surface area contributed by atoms with Crippen LogP contribution in [-0.2, 0) is 9.47 Å². The van der Waals surface area contributed by atoms with Gasteiger partial charge in [0.25, 0.3) is 0 Å². The Hall–Kier alpha value is -4.01. The molecule has 0 aliphatic carbocycles. The Morgan fingerprint density at radius 1 is 1.05 bits per heavy atom. The van der Waals surface area contributed by atoms with Gasteiger partial charge < -0.3 is 19.1 Å². The summed E-state index contributed by atoms with van der Waals surface area (Å²) in [5, 5.41) is 17.6. The Morgan fingerprint density at radius 3 is 2.37 bits per heavy atom. The molecule has 7 nitrogen and oxygen atoms in total. The summed E-state index contributed by atoms with van der Waals surface area (Å²) in [4.78, 5) is 12.2. The van der Waals surface area contributed by atoms with Crippen molar-refractivity contribution < 1.29 is 23.8 Å². The summed E-state index contributed by atoms with van der Waals surface area (Å²) < 4.78 is 28.6. The number of aliphatic hydroxyl groups is 1. The molecule has 2 aromatic heterocycles. The van der Waals surface area contributed by atoms with Gasteiger partial charge in [-0.25, -0.2) is 13.9 Å². The van der Waals surface area contributed by atoms with E-state index >= 15 is 0 Å². The van der Waals surface area contributed by atoms with Gasteiger partial charge in [-0.2, -0.15) is 5.10 Å². The van der Waals surface area contributed by atoms with Crippen molar-refractivity contribution in [1.29, 1.82) is 0 Å². The van der Waals surface area contributed by atoms with Crippen molar-refractivity contribution in [3.05, 3.63) is 83.9 Å². The maximum atomic E-state index is 14.1. The highest BCUT2D eigenvalue weighted by atomic mass is 19.1. The fourth-order valence-electron chi connectivity index (χ4n) is 5.83. The summed E-state index contributed by atoms with van der Waals surface area (Å²) in [6.45, 7) is 7.25. The smallest absolute Gasteiger partial charge is 0.337 e. The van der Waals surface area contributed by atoms with Gasteiger partial charge in [-0.3, -0.25) is 0 Å². The summed E-state index contributed by atoms with van der Waals surface area (Å²) in [6.07, 6.45) is 2.65. The summed E-state index contributed by atoms with van der Waals surface area (Å²) >= 11 is 0. The van der Waals surface area contributed by atoms with E-state index in [0.29, 0.717) is 18.8 Å². The Kier molecular flexibility index (Phi) is 6.91. The Morgan fingerprint density at radius 2 is 1.73 bits per heavy atom. The third-order valence-corrected chi connectivity index (χ3v) is 8.01. The average molecular weight is 556 g/mol. The van der Waals surface area contributed by atoms with Crippen LogP contribution in [0.15, 0.2) is 66.9 Å². The van der Waals surface area contributed by atoms with Crippen LogP contribution in [0.5, 0.6) is 0 Å². The first-order valence-electron chi connectivity index (χ1n) is 13.9. The predicted molar refractivity (Wildman–Crippen MR) is 157 cm³/mol. The number of carbonyl (C=O) groups excluding carboxylic acids is 1. The number of carbonyl (C=O) groups is 1. The highest BCUT2D eigenvalue weighted by Gasteiger charge is 2.30. The minimum Gasteiger partial charge on any atom is -0.465 e. The molecule has 0 radical (unpaired) electrons. The van der Waals surface area contributed by atoms with Crippen LogP contribution in [0.3, 0.4) is 0 Å². The molecule has 5 aromatic rings. The number of nitrogens with zero attached hydrogens (tertiary/aromatic N) is 3. The molecule has 1 saturated heterocycles. The van der Waals surface area contributed by atoms with Crippen LogP contribution in [0.1, 0.15) is 61.8 Å². The number of aliphatic hydroxyl groups excluding tert-OH is 1. The number of rotatable bonds is 5. The maximum Gasteiger partial charge on any atom is 0.337 e. The van der Waals surface area contributed by atoms with E-state index in [9.17, 15) is 14.3 Å². The van der Waals surface area contributed by atoms with Crippen LogP contribution in [0, 0.1) is 11.2 Å². The highest BCUT2D eigenvalue weighted by molar-refractivity contribution is 6.06. The third-order valence-electron chi connectivity index (χ3n) is 8.01. The lowest BCUT2D eigenvalue weighted by molar-refractivity contribution is -0.00639. The minimum atomic E-state index is -0.825. The van der Waals surface area contributed by atoms with Gasteiger partial charge >= 0.3 is 5.97 Å². The Balaban J connectivity index is 1.70. The van der Waals surface area contributed by atoms with Gasteiger partial charge in [0.05, 0.1) is 29.9 Å². The van der Waals surface area contributed by atoms with E-state index in [1.54, 1.807) is 35.1 Å². The second-order valence-electron chi connectivity index (χ2n) is 11.8. The number of aromatic nitrogens is 3. The largest absolute Gasteiger partial charge is 0.465 e. The van der Waals surface area contributed by atoms with Crippen molar-refractivity contribution in [3.63, 3.8) is 0 Å². The standard InChI is InChI=1S/C33H34FN3O4/c1-33(2,3)32(39)37-27-18-26-28(17-23(27)19-35-37)36(25-11-9-24(34)10-12-25)30(21-13-15-41-16-14-21)29(26)20-5-7-22(8-6-20)31(38)40-4/h5-12,17-19,21,32,39H,13-16H2,1-4H3. The summed E-state index contributed by atoms with van der Waals surface area (Å²) in [6, 6.07) is 18.2. The van der Waals surface area contributed by atoms with Crippen LogP contribution in [0.4, 0.5) is 4.39 Å². The fourth-order valence-corrected chi connectivity index (χ4v) is 5.83. The van der Waals surface area contributed by atoms with E-state index < -0.39 is 17.6 Å². The number of benzene rings is 3. The van der Waals surface area contributed by atoms with E-state index in [4.69, 9.17) is 9.47 Å². The quantitative estimate of drug-likeness (QED) is 0.236. The third kappa shape index (κ3) is 4.81. The van der Waals surface area contributed by atoms with Gasteiger partial charge in [0.15, 0.2) is 6.23 Å². The van der Waals surface area contributed by atoms with Gasteiger partial charge in [0.1, 0.15) is 5.82 Å². The zero-order valence-corrected chi connectivity index (χ0v) is 23.7. The lowest BCUT2D eigenvalue weighted by Crippen LogP contribution is -2.24. The zero-order valence-electron chi connectivity index (χ0n) is 23.7. The Labute approximate surface area is 238 Å². The average Bonchev–Trinajstić information content (AvgIpc) is 3.54. The summed E-state index contributed by atoms with van der Waals surface area (Å²) in [5.74, 6) is -0.496. The van der Waals surface area contributed by atoms with Crippen LogP contribution < -0.4 is 0 Å². The Bertz CT molecular complexity index is 1720. The number of ether oxygens (including phenoxy) is 2. The molecular formula is C33H34FN3O4. The van der Waals surface area contributed by atoms with E-state index in [0.717, 1.165) is 57.2 Å². The summed E-state index contributed by atoms with van der Waals surface area (Å²) in [5.41, 5.74) is 5.79. The molecule has 0 bridgehead atoms. The van der Waals surface area contributed by atoms with E-state index in [1.807, 2.05) is 32.9 Å². The van der Waals surface area contributed by atoms with Crippen molar-refractivity contribution in [2.45, 2.75) is 45.8 Å². The van der Waals surface area contributed by atoms with Gasteiger partial charge in [-0.15, -0.1) is 0 Å². The molecule has 8 heteroatoms. The molecule has 1 aliphatic rings. The van der Waals surface area contributed by atoms with Gasteiger partial charge in [-0.1, -0.05) is 32.9 Å². The predicted octanol–water partition coefficient (Wildman–Crippen LogP) is 7.00. The monoisotopic (exact) mass is 555 g/mol. The zero-order chi connectivity index (χ0) is 28.9. The van der Waals surface area contributed by atoms with Crippen molar-refractivity contribution in [3.8, 4) is 16.8 Å². The van der Waals surface area contributed by atoms with Crippen LogP contribution in [-0.4, -0.2) is 45.7 Å². The molecule has 1 aliphatic heterocycles. The lowest BCUT2D eigenvalue weighted by Gasteiger charge is -2.26. The second kappa shape index (κ2) is 10.4. The van der Waals surface area contributed by atoms with Gasteiger partial charge in [0, 0.05) is 52.3 Å². The molecule has 41 heavy (non-hydrogen) atoms. The lowest BCUT2D eigenvalue weighted by atomic mass is 9.89. The van der Waals surface area contributed by atoms with E-state index in [-0.39, 0.29) is 11.7 Å². The molecular weight excluding hydrogens is 521 g/mol. The second-order valence-corrected chi connectivity index (χ2v) is 11.8. The first-order valence-corrected chi connectivity index (χ1v) is 13.9. The highest BCUT2D eigenvalue weighted by Crippen LogP contribution is 2.45. The molecule has 3 heterocycles. The SMILES string of the molecule is COC(=O)c1ccc(-c2c(C3CCOCC3)n(-c3ccc(F)cc3)c3cc4cnn(C(O)C(C)(C)C)c4cc23)cc1. The topological polar surface area (TPSA) is 78.5 Å². The normalized spacial score (nSPS) is 15.5. The molecule has 212 valence electrons. The van der Waals surface area contributed by atoms with Crippen LogP contribution >= 0.6 is 0 Å². The van der Waals surface area contributed by atoms with Crippen molar-refractivity contribution in [2.75, 3.05) is 20.3 Å². The van der Waals surface area contributed by atoms with Crippen molar-refractivity contribution >= 4 is 27.8 Å². The van der Waals surface area contributed by atoms with Crippen molar-refractivity contribution in [1.82, 2.24) is 14.3 Å². The molecule has 1 unspecified atom stereocenters. The molecule has 1 fully saturated rings. The number of esters is 1. The van der Waals surface area contributed by atoms with Gasteiger partial charge in [0.2, 0.25) is 0 Å². The molecule has 3 aromatic carbocycles. The van der Waals surface area contributed by atoms with E-state index in [1.165, 1.54) is 19.2 Å². The number of halogens is 1. The molecule has 0 saturated carbocycles. The molecule has 0 amide bonds. The molecule has 6 rings (SSSR count). The molecule has 1 atom stereocenters. The molecule has 1 N–H and O–H groups in total. The van der Waals surface area contributed by atoms with Crippen LogP contribution in [0.2, 0.25) is 0 Å². The number of methoxy groups -OCH3 is 1.